The van der Waals surface area contributed by atoms with E-state index >= 15 is 0 Å². The lowest BCUT2D eigenvalue weighted by atomic mass is 9.89. The van der Waals surface area contributed by atoms with Gasteiger partial charge in [-0.2, -0.15) is 0 Å². The Bertz CT molecular complexity index is 1400. The largest absolute Gasteiger partial charge is 0.324 e. The zero-order valence-electron chi connectivity index (χ0n) is 18.3. The van der Waals surface area contributed by atoms with Gasteiger partial charge in [0.15, 0.2) is 0 Å². The highest BCUT2D eigenvalue weighted by atomic mass is 32.1. The molecule has 5 rings (SSSR count). The molecule has 1 aliphatic carbocycles. The number of carbonyl (C=O) groups excluding carboxylic acids is 1. The first-order valence-electron chi connectivity index (χ1n) is 11.0. The number of hydrogen-bond acceptors (Lipinski definition) is 4. The molecule has 0 unspecified atom stereocenters. The molecular formula is C26H25N3O2S. The summed E-state index contributed by atoms with van der Waals surface area (Å²) >= 11 is 1.47. The first-order chi connectivity index (χ1) is 15.5. The maximum Gasteiger partial charge on any atom is 0.263 e. The van der Waals surface area contributed by atoms with Crippen LogP contribution >= 0.6 is 11.3 Å². The molecule has 0 bridgehead atoms. The molecule has 0 radical (unpaired) electrons. The molecule has 162 valence electrons. The molecule has 5 nitrogen and oxygen atoms in total. The van der Waals surface area contributed by atoms with E-state index in [9.17, 15) is 9.59 Å². The number of amides is 1. The molecule has 1 amide bonds. The molecule has 32 heavy (non-hydrogen) atoms. The van der Waals surface area contributed by atoms with Crippen LogP contribution in [0, 0.1) is 13.8 Å². The normalized spacial score (nSPS) is 13.2. The smallest absolute Gasteiger partial charge is 0.263 e. The van der Waals surface area contributed by atoms with E-state index < -0.39 is 0 Å². The first kappa shape index (κ1) is 20.6. The molecule has 0 saturated heterocycles. The topological polar surface area (TPSA) is 64.0 Å². The molecule has 2 heterocycles. The van der Waals surface area contributed by atoms with Crippen LogP contribution in [-0.2, 0) is 24.2 Å². The molecule has 0 aliphatic heterocycles. The Morgan fingerprint density at radius 1 is 1.09 bits per heavy atom. The van der Waals surface area contributed by atoms with Crippen molar-refractivity contribution >= 4 is 33.1 Å². The van der Waals surface area contributed by atoms with Gasteiger partial charge in [0.1, 0.15) is 11.4 Å². The van der Waals surface area contributed by atoms with Crippen molar-refractivity contribution in [3.8, 4) is 11.1 Å². The molecule has 2 aromatic carbocycles. The van der Waals surface area contributed by atoms with Crippen molar-refractivity contribution < 1.29 is 4.79 Å². The van der Waals surface area contributed by atoms with Crippen LogP contribution in [0.2, 0.25) is 0 Å². The van der Waals surface area contributed by atoms with Crippen LogP contribution in [-0.4, -0.2) is 15.5 Å². The lowest BCUT2D eigenvalue weighted by Crippen LogP contribution is -2.28. The van der Waals surface area contributed by atoms with Gasteiger partial charge >= 0.3 is 0 Å². The van der Waals surface area contributed by atoms with Gasteiger partial charge < -0.3 is 5.32 Å². The van der Waals surface area contributed by atoms with E-state index in [4.69, 9.17) is 0 Å². The van der Waals surface area contributed by atoms with Gasteiger partial charge in [0.2, 0.25) is 5.91 Å². The van der Waals surface area contributed by atoms with E-state index in [1.807, 2.05) is 37.4 Å². The summed E-state index contributed by atoms with van der Waals surface area (Å²) < 4.78 is 1.40. The van der Waals surface area contributed by atoms with E-state index in [1.165, 1.54) is 46.2 Å². The molecule has 0 saturated carbocycles. The maximum atomic E-state index is 13.3. The summed E-state index contributed by atoms with van der Waals surface area (Å²) in [5.41, 5.74) is 7.45. The summed E-state index contributed by atoms with van der Waals surface area (Å²) in [4.78, 5) is 31.2. The fraction of sp³-hybridized carbons (Fsp3) is 0.269. The second-order valence-corrected chi connectivity index (χ2v) is 9.42. The van der Waals surface area contributed by atoms with Gasteiger partial charge in [-0.3, -0.25) is 14.2 Å². The number of carbonyl (C=O) groups is 1. The number of nitrogens with one attached hydrogen (secondary N) is 1. The summed E-state index contributed by atoms with van der Waals surface area (Å²) in [6.45, 7) is 3.90. The molecule has 4 aromatic rings. The van der Waals surface area contributed by atoms with Gasteiger partial charge in [-0.15, -0.1) is 11.3 Å². The molecule has 6 heteroatoms. The summed E-state index contributed by atoms with van der Waals surface area (Å²) in [6, 6.07) is 12.4. The van der Waals surface area contributed by atoms with Gasteiger partial charge in [-0.05, 0) is 67.9 Å². The Kier molecular flexibility index (Phi) is 5.39. The van der Waals surface area contributed by atoms with Crippen molar-refractivity contribution in [1.29, 1.82) is 0 Å². The Morgan fingerprint density at radius 3 is 2.72 bits per heavy atom. The third-order valence-corrected chi connectivity index (χ3v) is 7.08. The average Bonchev–Trinajstić information content (AvgIpc) is 3.22. The van der Waals surface area contributed by atoms with Crippen molar-refractivity contribution in [3.63, 3.8) is 0 Å². The highest BCUT2D eigenvalue weighted by molar-refractivity contribution is 7.17. The molecule has 0 spiro atoms. The lowest BCUT2D eigenvalue weighted by Gasteiger charge is -2.16. The molecular weight excluding hydrogens is 418 g/mol. The summed E-state index contributed by atoms with van der Waals surface area (Å²) in [6.07, 6.45) is 6.15. The Hall–Kier alpha value is -3.25. The minimum atomic E-state index is -0.245. The van der Waals surface area contributed by atoms with Gasteiger partial charge in [0, 0.05) is 16.6 Å². The van der Waals surface area contributed by atoms with Crippen molar-refractivity contribution in [2.24, 2.45) is 0 Å². The third kappa shape index (κ3) is 3.86. The van der Waals surface area contributed by atoms with Crippen molar-refractivity contribution in [2.45, 2.75) is 46.1 Å². The number of aryl methyl sites for hydroxylation is 4. The van der Waals surface area contributed by atoms with E-state index in [-0.39, 0.29) is 18.0 Å². The fourth-order valence-corrected chi connectivity index (χ4v) is 5.40. The number of fused-ring (bicyclic) bond motifs is 2. The number of benzene rings is 2. The number of thiophene rings is 1. The molecule has 0 fully saturated rings. The van der Waals surface area contributed by atoms with E-state index in [1.54, 1.807) is 0 Å². The first-order valence-corrected chi connectivity index (χ1v) is 11.8. The molecule has 2 aromatic heterocycles. The third-order valence-electron chi connectivity index (χ3n) is 6.19. The van der Waals surface area contributed by atoms with Gasteiger partial charge in [-0.25, -0.2) is 4.98 Å². The van der Waals surface area contributed by atoms with Crippen LogP contribution in [0.15, 0.2) is 52.9 Å². The summed E-state index contributed by atoms with van der Waals surface area (Å²) in [5.74, 6) is -0.245. The quantitative estimate of drug-likeness (QED) is 0.468. The Morgan fingerprint density at radius 2 is 1.91 bits per heavy atom. The second kappa shape index (κ2) is 8.36. The highest BCUT2D eigenvalue weighted by Crippen LogP contribution is 2.33. The second-order valence-electron chi connectivity index (χ2n) is 8.56. The SMILES string of the molecule is Cc1ccc(NC(=O)Cn2cnc3scc(-c4ccc5c(c4)CCCC5)c3c2=O)c(C)c1. The Labute approximate surface area is 190 Å². The molecule has 1 aliphatic rings. The molecule has 0 atom stereocenters. The predicted octanol–water partition coefficient (Wildman–Crippen LogP) is 5.26. The standard InChI is InChI=1S/C26H25N3O2S/c1-16-7-10-22(17(2)11-16)28-23(30)13-29-15-27-25-24(26(29)31)21(14-32-25)20-9-8-18-5-3-4-6-19(18)12-20/h7-12,14-15H,3-6,13H2,1-2H3,(H,28,30). The average molecular weight is 444 g/mol. The zero-order chi connectivity index (χ0) is 22.2. The van der Waals surface area contributed by atoms with Crippen LogP contribution in [0.4, 0.5) is 5.69 Å². The minimum absolute atomic E-state index is 0.0748. The van der Waals surface area contributed by atoms with Crippen molar-refractivity contribution in [3.05, 3.63) is 80.7 Å². The number of hydrogen-bond donors (Lipinski definition) is 1. The van der Waals surface area contributed by atoms with E-state index in [0.717, 1.165) is 40.8 Å². The Balaban J connectivity index is 1.46. The minimum Gasteiger partial charge on any atom is -0.324 e. The maximum absolute atomic E-state index is 13.3. The van der Waals surface area contributed by atoms with Crippen molar-refractivity contribution in [2.75, 3.05) is 5.32 Å². The van der Waals surface area contributed by atoms with E-state index in [2.05, 4.69) is 28.5 Å². The van der Waals surface area contributed by atoms with Gasteiger partial charge in [0.25, 0.3) is 5.56 Å². The monoisotopic (exact) mass is 443 g/mol. The van der Waals surface area contributed by atoms with Crippen molar-refractivity contribution in [1.82, 2.24) is 9.55 Å². The van der Waals surface area contributed by atoms with Crippen LogP contribution in [0.5, 0.6) is 0 Å². The summed E-state index contributed by atoms with van der Waals surface area (Å²) in [7, 11) is 0. The molecule has 1 N–H and O–H groups in total. The predicted molar refractivity (Wildman–Crippen MR) is 131 cm³/mol. The van der Waals surface area contributed by atoms with Crippen LogP contribution in [0.1, 0.15) is 35.1 Å². The number of nitrogens with zero attached hydrogens (tertiary/aromatic N) is 2. The zero-order valence-corrected chi connectivity index (χ0v) is 19.1. The lowest BCUT2D eigenvalue weighted by molar-refractivity contribution is -0.116. The van der Waals surface area contributed by atoms with Crippen LogP contribution in [0.25, 0.3) is 21.3 Å². The summed E-state index contributed by atoms with van der Waals surface area (Å²) in [5, 5.41) is 5.51. The number of anilines is 1. The van der Waals surface area contributed by atoms with Crippen LogP contribution in [0.3, 0.4) is 0 Å². The van der Waals surface area contributed by atoms with Crippen LogP contribution < -0.4 is 10.9 Å². The number of aromatic nitrogens is 2. The van der Waals surface area contributed by atoms with Gasteiger partial charge in [0.05, 0.1) is 11.7 Å². The number of rotatable bonds is 4. The highest BCUT2D eigenvalue weighted by Gasteiger charge is 2.17. The van der Waals surface area contributed by atoms with Gasteiger partial charge in [-0.1, -0.05) is 35.9 Å². The van der Waals surface area contributed by atoms with E-state index in [0.29, 0.717) is 10.2 Å². The fourth-order valence-electron chi connectivity index (χ4n) is 4.49.